The third kappa shape index (κ3) is 3.54. The van der Waals surface area contributed by atoms with Gasteiger partial charge in [-0.25, -0.2) is 9.97 Å². The third-order valence-electron chi connectivity index (χ3n) is 5.44. The number of anilines is 2. The molecule has 0 atom stereocenters. The Kier molecular flexibility index (Phi) is 4.93. The Morgan fingerprint density at radius 1 is 1.11 bits per heavy atom. The highest BCUT2D eigenvalue weighted by Crippen LogP contribution is 2.48. The lowest BCUT2D eigenvalue weighted by Gasteiger charge is -2.36. The Labute approximate surface area is 168 Å². The molecule has 0 spiro atoms. The molecule has 4 rings (SSSR count). The van der Waals surface area contributed by atoms with Crippen LogP contribution in [0.2, 0.25) is 5.02 Å². The van der Waals surface area contributed by atoms with Gasteiger partial charge in [-0.1, -0.05) is 17.7 Å². The summed E-state index contributed by atoms with van der Waals surface area (Å²) in [5, 5.41) is 3.46. The lowest BCUT2D eigenvalue weighted by Crippen LogP contribution is -2.53. The third-order valence-corrected chi connectivity index (χ3v) is 5.68. The number of nitrogens with zero attached hydrogens (tertiary/aromatic N) is 4. The lowest BCUT2D eigenvalue weighted by molar-refractivity contribution is -0.142. The Balaban J connectivity index is 1.40. The fourth-order valence-corrected chi connectivity index (χ4v) is 3.67. The summed E-state index contributed by atoms with van der Waals surface area (Å²) in [6.07, 6.45) is 4.58. The van der Waals surface area contributed by atoms with Crippen LogP contribution in [-0.2, 0) is 9.59 Å². The first kappa shape index (κ1) is 18.7. The molecule has 2 amide bonds. The van der Waals surface area contributed by atoms with Crippen molar-refractivity contribution in [1.82, 2.24) is 14.9 Å². The Bertz CT molecular complexity index is 893. The topological polar surface area (TPSA) is 78.4 Å². The maximum absolute atomic E-state index is 13.1. The fraction of sp³-hybridized carbons (Fsp3) is 0.400. The molecule has 1 saturated carbocycles. The summed E-state index contributed by atoms with van der Waals surface area (Å²) < 4.78 is 0. The van der Waals surface area contributed by atoms with Gasteiger partial charge in [0.25, 0.3) is 0 Å². The minimum Gasteiger partial charge on any atom is -0.338 e. The molecule has 28 heavy (non-hydrogen) atoms. The van der Waals surface area contributed by atoms with Gasteiger partial charge < -0.3 is 15.1 Å². The summed E-state index contributed by atoms with van der Waals surface area (Å²) in [6.45, 7) is 4.32. The van der Waals surface area contributed by atoms with Gasteiger partial charge >= 0.3 is 0 Å². The van der Waals surface area contributed by atoms with Crippen LogP contribution in [0.3, 0.4) is 0 Å². The van der Waals surface area contributed by atoms with Gasteiger partial charge in [0.2, 0.25) is 17.8 Å². The standard InChI is InChI=1S/C20H22ClN5O2/c1-14-3-4-15(21)13-16(14)24-17(27)20(5-6-20)18(28)25-9-11-26(12-10-25)19-22-7-2-8-23-19/h2-4,7-8,13H,5-6,9-12H2,1H3,(H,24,27). The molecule has 1 saturated heterocycles. The first-order valence-electron chi connectivity index (χ1n) is 9.38. The predicted octanol–water partition coefficient (Wildman–Crippen LogP) is 2.51. The molecule has 1 N–H and O–H groups in total. The van der Waals surface area contributed by atoms with Crippen molar-refractivity contribution in [3.05, 3.63) is 47.2 Å². The van der Waals surface area contributed by atoms with E-state index in [0.717, 1.165) is 5.56 Å². The average Bonchev–Trinajstić information content (AvgIpc) is 3.53. The van der Waals surface area contributed by atoms with Gasteiger partial charge in [-0.2, -0.15) is 0 Å². The highest BCUT2D eigenvalue weighted by molar-refractivity contribution is 6.31. The van der Waals surface area contributed by atoms with Crippen molar-refractivity contribution in [3.8, 4) is 0 Å². The zero-order chi connectivity index (χ0) is 19.7. The number of amides is 2. The number of piperazine rings is 1. The SMILES string of the molecule is Cc1ccc(Cl)cc1NC(=O)C1(C(=O)N2CCN(c3ncccn3)CC2)CC1. The van der Waals surface area contributed by atoms with Gasteiger partial charge in [-0.3, -0.25) is 9.59 Å². The molecule has 2 aliphatic rings. The number of halogens is 1. The number of carbonyl (C=O) groups excluding carboxylic acids is 2. The molecule has 0 radical (unpaired) electrons. The molecule has 0 unspecified atom stereocenters. The molecule has 1 aliphatic carbocycles. The van der Waals surface area contributed by atoms with Crippen molar-refractivity contribution >= 4 is 35.1 Å². The molecule has 1 aromatic carbocycles. The first-order valence-corrected chi connectivity index (χ1v) is 9.76. The normalized spacial score (nSPS) is 17.9. The maximum Gasteiger partial charge on any atom is 0.240 e. The second kappa shape index (κ2) is 7.39. The average molecular weight is 400 g/mol. The van der Waals surface area contributed by atoms with E-state index in [1.807, 2.05) is 13.0 Å². The van der Waals surface area contributed by atoms with E-state index in [1.54, 1.807) is 35.5 Å². The molecule has 1 aromatic heterocycles. The van der Waals surface area contributed by atoms with Gasteiger partial charge in [0, 0.05) is 49.3 Å². The molecule has 8 heteroatoms. The van der Waals surface area contributed by atoms with Gasteiger partial charge in [-0.15, -0.1) is 0 Å². The van der Waals surface area contributed by atoms with Crippen LogP contribution in [0.4, 0.5) is 11.6 Å². The molecular formula is C20H22ClN5O2. The summed E-state index contributed by atoms with van der Waals surface area (Å²) >= 11 is 6.04. The van der Waals surface area contributed by atoms with Crippen LogP contribution in [0.25, 0.3) is 0 Å². The van der Waals surface area contributed by atoms with Gasteiger partial charge in [0.1, 0.15) is 5.41 Å². The minimum absolute atomic E-state index is 0.0849. The number of aromatic nitrogens is 2. The molecule has 146 valence electrons. The first-order chi connectivity index (χ1) is 13.5. The summed E-state index contributed by atoms with van der Waals surface area (Å²) in [7, 11) is 0. The Hall–Kier alpha value is -2.67. The van der Waals surface area contributed by atoms with E-state index < -0.39 is 5.41 Å². The van der Waals surface area contributed by atoms with E-state index in [-0.39, 0.29) is 11.8 Å². The summed E-state index contributed by atoms with van der Waals surface area (Å²) in [5.41, 5.74) is 0.625. The highest BCUT2D eigenvalue weighted by Gasteiger charge is 2.58. The van der Waals surface area contributed by atoms with Crippen LogP contribution in [0, 0.1) is 12.3 Å². The predicted molar refractivity (Wildman–Crippen MR) is 107 cm³/mol. The van der Waals surface area contributed by atoms with Crippen molar-refractivity contribution < 1.29 is 9.59 Å². The summed E-state index contributed by atoms with van der Waals surface area (Å²) in [5.74, 6) is 0.347. The van der Waals surface area contributed by atoms with Crippen LogP contribution in [0.1, 0.15) is 18.4 Å². The number of benzene rings is 1. The van der Waals surface area contributed by atoms with Crippen LogP contribution < -0.4 is 10.2 Å². The monoisotopic (exact) mass is 399 g/mol. The lowest BCUT2D eigenvalue weighted by atomic mass is 10.0. The molecule has 0 bridgehead atoms. The van der Waals surface area contributed by atoms with Crippen molar-refractivity contribution in [2.45, 2.75) is 19.8 Å². The zero-order valence-electron chi connectivity index (χ0n) is 15.7. The molecule has 7 nitrogen and oxygen atoms in total. The van der Waals surface area contributed by atoms with Crippen molar-refractivity contribution in [2.24, 2.45) is 5.41 Å². The summed E-state index contributed by atoms with van der Waals surface area (Å²) in [6, 6.07) is 7.12. The number of nitrogens with one attached hydrogen (secondary N) is 1. The largest absolute Gasteiger partial charge is 0.338 e. The molecule has 2 aromatic rings. The number of hydrogen-bond acceptors (Lipinski definition) is 5. The second-order valence-electron chi connectivity index (χ2n) is 7.32. The van der Waals surface area contributed by atoms with Crippen molar-refractivity contribution in [3.63, 3.8) is 0 Å². The zero-order valence-corrected chi connectivity index (χ0v) is 16.4. The van der Waals surface area contributed by atoms with E-state index in [9.17, 15) is 9.59 Å². The molecule has 1 aliphatic heterocycles. The number of rotatable bonds is 4. The van der Waals surface area contributed by atoms with Gasteiger partial charge in [0.15, 0.2) is 0 Å². The van der Waals surface area contributed by atoms with E-state index in [1.165, 1.54) is 0 Å². The molecule has 2 fully saturated rings. The van der Waals surface area contributed by atoms with E-state index >= 15 is 0 Å². The number of carbonyl (C=O) groups is 2. The van der Waals surface area contributed by atoms with Crippen molar-refractivity contribution in [2.75, 3.05) is 36.4 Å². The van der Waals surface area contributed by atoms with E-state index in [0.29, 0.717) is 55.7 Å². The minimum atomic E-state index is -0.944. The van der Waals surface area contributed by atoms with Crippen LogP contribution in [0.5, 0.6) is 0 Å². The molecule has 2 heterocycles. The van der Waals surface area contributed by atoms with E-state index in [2.05, 4.69) is 20.2 Å². The number of aryl methyl sites for hydroxylation is 1. The van der Waals surface area contributed by atoms with E-state index in [4.69, 9.17) is 11.6 Å². The summed E-state index contributed by atoms with van der Waals surface area (Å²) in [4.78, 5) is 38.4. The van der Waals surface area contributed by atoms with Gasteiger partial charge in [-0.05, 0) is 43.5 Å². The van der Waals surface area contributed by atoms with Crippen LogP contribution in [-0.4, -0.2) is 52.9 Å². The smallest absolute Gasteiger partial charge is 0.240 e. The molecular weight excluding hydrogens is 378 g/mol. The highest BCUT2D eigenvalue weighted by atomic mass is 35.5. The van der Waals surface area contributed by atoms with Crippen LogP contribution >= 0.6 is 11.6 Å². The fourth-order valence-electron chi connectivity index (χ4n) is 3.50. The Morgan fingerprint density at radius 3 is 2.43 bits per heavy atom. The van der Waals surface area contributed by atoms with Gasteiger partial charge in [0.05, 0.1) is 0 Å². The second-order valence-corrected chi connectivity index (χ2v) is 7.76. The number of hydrogen-bond donors (Lipinski definition) is 1. The maximum atomic E-state index is 13.1. The quantitative estimate of drug-likeness (QED) is 0.799. The van der Waals surface area contributed by atoms with Crippen molar-refractivity contribution in [1.29, 1.82) is 0 Å². The Morgan fingerprint density at radius 2 is 1.79 bits per heavy atom. The van der Waals surface area contributed by atoms with Crippen LogP contribution in [0.15, 0.2) is 36.7 Å².